The van der Waals surface area contributed by atoms with Crippen molar-refractivity contribution >= 4 is 5.91 Å². The molecule has 0 aromatic rings. The predicted octanol–water partition coefficient (Wildman–Crippen LogP) is 0.786. The van der Waals surface area contributed by atoms with Gasteiger partial charge in [-0.2, -0.15) is 0 Å². The van der Waals surface area contributed by atoms with E-state index < -0.39 is 0 Å². The molecule has 1 saturated heterocycles. The second-order valence-electron chi connectivity index (χ2n) is 3.99. The topological polar surface area (TPSA) is 49.8 Å². The highest BCUT2D eigenvalue weighted by molar-refractivity contribution is 5.78. The molecule has 0 aromatic heterocycles. The van der Waals surface area contributed by atoms with Gasteiger partial charge in [0.1, 0.15) is 6.61 Å². The number of morpholine rings is 1. The molecule has 1 atom stereocenters. The Morgan fingerprint density at radius 1 is 1.53 bits per heavy atom. The van der Waals surface area contributed by atoms with Gasteiger partial charge in [-0.1, -0.05) is 19.8 Å². The van der Waals surface area contributed by atoms with E-state index in [1.54, 1.807) is 0 Å². The third-order valence-corrected chi connectivity index (χ3v) is 2.70. The molecule has 15 heavy (non-hydrogen) atoms. The highest BCUT2D eigenvalue weighted by atomic mass is 16.5. The number of hydrogen-bond donors (Lipinski definition) is 1. The average Bonchev–Trinajstić information content (AvgIpc) is 2.23. The smallest absolute Gasteiger partial charge is 0.248 e. The lowest BCUT2D eigenvalue weighted by Crippen LogP contribution is -2.47. The SMILES string of the molecule is CCCCCN1CC(CCO)OCC1=O. The van der Waals surface area contributed by atoms with Crippen molar-refractivity contribution in [3.05, 3.63) is 0 Å². The zero-order valence-corrected chi connectivity index (χ0v) is 9.45. The van der Waals surface area contributed by atoms with Gasteiger partial charge in [-0.3, -0.25) is 4.79 Å². The summed E-state index contributed by atoms with van der Waals surface area (Å²) in [6, 6.07) is 0. The molecule has 0 saturated carbocycles. The molecule has 0 bridgehead atoms. The molecule has 88 valence electrons. The molecule has 4 heteroatoms. The van der Waals surface area contributed by atoms with Crippen LogP contribution < -0.4 is 0 Å². The van der Waals surface area contributed by atoms with Gasteiger partial charge in [0.15, 0.2) is 0 Å². The Kier molecular flexibility index (Phi) is 5.65. The summed E-state index contributed by atoms with van der Waals surface area (Å²) in [5, 5.41) is 8.80. The van der Waals surface area contributed by atoms with E-state index in [1.165, 1.54) is 6.42 Å². The van der Waals surface area contributed by atoms with Crippen LogP contribution in [0.15, 0.2) is 0 Å². The van der Waals surface area contributed by atoms with E-state index in [0.717, 1.165) is 19.4 Å². The van der Waals surface area contributed by atoms with E-state index in [-0.39, 0.29) is 25.2 Å². The first-order chi connectivity index (χ1) is 7.27. The summed E-state index contributed by atoms with van der Waals surface area (Å²) in [6.45, 7) is 3.93. The van der Waals surface area contributed by atoms with Crippen LogP contribution in [0.1, 0.15) is 32.6 Å². The maximum atomic E-state index is 11.5. The van der Waals surface area contributed by atoms with Crippen molar-refractivity contribution in [2.24, 2.45) is 0 Å². The summed E-state index contributed by atoms with van der Waals surface area (Å²) in [6.07, 6.45) is 4.04. The Morgan fingerprint density at radius 2 is 2.33 bits per heavy atom. The molecule has 1 fully saturated rings. The van der Waals surface area contributed by atoms with Crippen molar-refractivity contribution in [1.82, 2.24) is 4.90 Å². The van der Waals surface area contributed by atoms with Crippen LogP contribution in [0.2, 0.25) is 0 Å². The minimum atomic E-state index is 0.0225. The lowest BCUT2D eigenvalue weighted by molar-refractivity contribution is -0.149. The number of aliphatic hydroxyl groups is 1. The summed E-state index contributed by atoms with van der Waals surface area (Å²) in [5.74, 6) is 0.0836. The van der Waals surface area contributed by atoms with Crippen molar-refractivity contribution in [3.8, 4) is 0 Å². The molecule has 0 radical (unpaired) electrons. The van der Waals surface area contributed by atoms with Crippen molar-refractivity contribution in [1.29, 1.82) is 0 Å². The molecule has 1 unspecified atom stereocenters. The normalized spacial score (nSPS) is 22.1. The maximum Gasteiger partial charge on any atom is 0.248 e. The fourth-order valence-electron chi connectivity index (χ4n) is 1.77. The fraction of sp³-hybridized carbons (Fsp3) is 0.909. The molecule has 0 aromatic carbocycles. The number of carbonyl (C=O) groups is 1. The zero-order chi connectivity index (χ0) is 11.1. The van der Waals surface area contributed by atoms with Crippen LogP contribution in [0.4, 0.5) is 0 Å². The van der Waals surface area contributed by atoms with Gasteiger partial charge in [0.25, 0.3) is 0 Å². The lowest BCUT2D eigenvalue weighted by Gasteiger charge is -2.32. The summed E-state index contributed by atoms with van der Waals surface area (Å²) in [5.41, 5.74) is 0. The third-order valence-electron chi connectivity index (χ3n) is 2.70. The molecular formula is C11H21NO3. The van der Waals surface area contributed by atoms with E-state index in [0.29, 0.717) is 13.0 Å². The van der Waals surface area contributed by atoms with Gasteiger partial charge in [-0.25, -0.2) is 0 Å². The van der Waals surface area contributed by atoms with Gasteiger partial charge in [-0.05, 0) is 12.8 Å². The molecule has 1 amide bonds. The summed E-state index contributed by atoms with van der Waals surface area (Å²) >= 11 is 0. The second kappa shape index (κ2) is 6.80. The maximum absolute atomic E-state index is 11.5. The summed E-state index contributed by atoms with van der Waals surface area (Å²) < 4.78 is 5.32. The minimum Gasteiger partial charge on any atom is -0.396 e. The highest BCUT2D eigenvalue weighted by Crippen LogP contribution is 2.10. The van der Waals surface area contributed by atoms with Gasteiger partial charge in [0, 0.05) is 19.7 Å². The Morgan fingerprint density at radius 3 is 3.00 bits per heavy atom. The molecule has 1 heterocycles. The fourth-order valence-corrected chi connectivity index (χ4v) is 1.77. The number of amides is 1. The van der Waals surface area contributed by atoms with Crippen molar-refractivity contribution < 1.29 is 14.6 Å². The van der Waals surface area contributed by atoms with Gasteiger partial charge < -0.3 is 14.7 Å². The van der Waals surface area contributed by atoms with Crippen LogP contribution in [-0.4, -0.2) is 48.3 Å². The van der Waals surface area contributed by atoms with Gasteiger partial charge in [0.2, 0.25) is 5.91 Å². The molecule has 4 nitrogen and oxygen atoms in total. The first-order valence-electron chi connectivity index (χ1n) is 5.78. The number of carbonyl (C=O) groups excluding carboxylic acids is 1. The van der Waals surface area contributed by atoms with Gasteiger partial charge >= 0.3 is 0 Å². The highest BCUT2D eigenvalue weighted by Gasteiger charge is 2.25. The van der Waals surface area contributed by atoms with Crippen molar-refractivity contribution in [2.45, 2.75) is 38.7 Å². The molecule has 1 aliphatic rings. The number of aliphatic hydroxyl groups excluding tert-OH is 1. The zero-order valence-electron chi connectivity index (χ0n) is 9.45. The molecule has 1 aliphatic heterocycles. The molecule has 1 rings (SSSR count). The van der Waals surface area contributed by atoms with E-state index in [4.69, 9.17) is 9.84 Å². The number of ether oxygens (including phenoxy) is 1. The number of unbranched alkanes of at least 4 members (excludes halogenated alkanes) is 2. The molecule has 0 aliphatic carbocycles. The van der Waals surface area contributed by atoms with Crippen molar-refractivity contribution in [2.75, 3.05) is 26.3 Å². The van der Waals surface area contributed by atoms with E-state index in [1.807, 2.05) is 4.90 Å². The Balaban J connectivity index is 2.29. The Hall–Kier alpha value is -0.610. The predicted molar refractivity (Wildman–Crippen MR) is 57.5 cm³/mol. The Labute approximate surface area is 91.2 Å². The van der Waals surface area contributed by atoms with Crippen LogP contribution in [-0.2, 0) is 9.53 Å². The monoisotopic (exact) mass is 215 g/mol. The van der Waals surface area contributed by atoms with Crippen LogP contribution >= 0.6 is 0 Å². The standard InChI is InChI=1S/C11H21NO3/c1-2-3-4-6-12-8-10(5-7-13)15-9-11(12)14/h10,13H,2-9H2,1H3. The van der Waals surface area contributed by atoms with Crippen LogP contribution in [0.5, 0.6) is 0 Å². The Bertz CT molecular complexity index is 196. The third kappa shape index (κ3) is 4.18. The quantitative estimate of drug-likeness (QED) is 0.666. The molecular weight excluding hydrogens is 194 g/mol. The van der Waals surface area contributed by atoms with Gasteiger partial charge in [0.05, 0.1) is 6.10 Å². The first-order valence-corrected chi connectivity index (χ1v) is 5.78. The van der Waals surface area contributed by atoms with E-state index >= 15 is 0 Å². The number of hydrogen-bond acceptors (Lipinski definition) is 3. The minimum absolute atomic E-state index is 0.0225. The van der Waals surface area contributed by atoms with Crippen LogP contribution in [0, 0.1) is 0 Å². The second-order valence-corrected chi connectivity index (χ2v) is 3.99. The lowest BCUT2D eigenvalue weighted by atomic mass is 10.2. The van der Waals surface area contributed by atoms with E-state index in [2.05, 4.69) is 6.92 Å². The number of nitrogens with zero attached hydrogens (tertiary/aromatic N) is 1. The van der Waals surface area contributed by atoms with Crippen LogP contribution in [0.3, 0.4) is 0 Å². The molecule has 1 N–H and O–H groups in total. The average molecular weight is 215 g/mol. The largest absolute Gasteiger partial charge is 0.396 e. The van der Waals surface area contributed by atoms with Crippen molar-refractivity contribution in [3.63, 3.8) is 0 Å². The number of rotatable bonds is 6. The summed E-state index contributed by atoms with van der Waals surface area (Å²) in [4.78, 5) is 13.3. The first kappa shape index (κ1) is 12.5. The van der Waals surface area contributed by atoms with Crippen LogP contribution in [0.25, 0.3) is 0 Å². The van der Waals surface area contributed by atoms with E-state index in [9.17, 15) is 4.79 Å². The van der Waals surface area contributed by atoms with Gasteiger partial charge in [-0.15, -0.1) is 0 Å². The summed E-state index contributed by atoms with van der Waals surface area (Å²) in [7, 11) is 0. The molecule has 0 spiro atoms.